The Kier molecular flexibility index (Phi) is 3.87. The molecule has 1 aromatic heterocycles. The van der Waals surface area contributed by atoms with Crippen LogP contribution in [-0.2, 0) is 19.4 Å². The Hall–Kier alpha value is -1.62. The number of aromatic nitrogens is 2. The highest BCUT2D eigenvalue weighted by Gasteiger charge is 2.15. The number of hydrogen-bond acceptors (Lipinski definition) is 2. The molecule has 0 atom stereocenters. The zero-order valence-corrected chi connectivity index (χ0v) is 12.7. The Morgan fingerprint density at radius 2 is 2.10 bits per heavy atom. The van der Waals surface area contributed by atoms with Crippen molar-refractivity contribution >= 4 is 21.8 Å². The number of carbonyl (C=O) groups is 1. The van der Waals surface area contributed by atoms with Gasteiger partial charge in [0.25, 0.3) is 5.91 Å². The minimum absolute atomic E-state index is 0.0909. The molecular formula is C15H16BrN3O. The van der Waals surface area contributed by atoms with E-state index < -0.39 is 0 Å². The van der Waals surface area contributed by atoms with Gasteiger partial charge in [-0.25, -0.2) is 4.98 Å². The maximum absolute atomic E-state index is 12.1. The molecule has 4 nitrogen and oxygen atoms in total. The van der Waals surface area contributed by atoms with E-state index in [1.807, 2.05) is 18.2 Å². The minimum Gasteiger partial charge on any atom is -0.345 e. The largest absolute Gasteiger partial charge is 0.345 e. The first-order valence-corrected chi connectivity index (χ1v) is 7.62. The van der Waals surface area contributed by atoms with Gasteiger partial charge < -0.3 is 10.3 Å². The second-order valence-corrected chi connectivity index (χ2v) is 5.83. The van der Waals surface area contributed by atoms with Crippen molar-refractivity contribution in [3.05, 3.63) is 51.5 Å². The van der Waals surface area contributed by atoms with Gasteiger partial charge in [0, 0.05) is 10.2 Å². The number of amides is 1. The lowest BCUT2D eigenvalue weighted by Crippen LogP contribution is -2.23. The quantitative estimate of drug-likeness (QED) is 0.907. The second-order valence-electron chi connectivity index (χ2n) is 4.98. The van der Waals surface area contributed by atoms with Crippen molar-refractivity contribution in [1.82, 2.24) is 15.3 Å². The number of nitrogens with zero attached hydrogens (tertiary/aromatic N) is 1. The Morgan fingerprint density at radius 1 is 1.30 bits per heavy atom. The molecule has 2 N–H and O–H groups in total. The highest BCUT2D eigenvalue weighted by molar-refractivity contribution is 9.10. The zero-order valence-electron chi connectivity index (χ0n) is 11.1. The van der Waals surface area contributed by atoms with E-state index in [-0.39, 0.29) is 5.91 Å². The van der Waals surface area contributed by atoms with Crippen LogP contribution in [0.4, 0.5) is 0 Å². The van der Waals surface area contributed by atoms with E-state index in [4.69, 9.17) is 0 Å². The van der Waals surface area contributed by atoms with Crippen molar-refractivity contribution in [2.24, 2.45) is 0 Å². The van der Waals surface area contributed by atoms with Crippen LogP contribution in [0.3, 0.4) is 0 Å². The smallest absolute Gasteiger partial charge is 0.252 e. The number of halogens is 1. The summed E-state index contributed by atoms with van der Waals surface area (Å²) in [5.74, 6) is 0.754. The number of hydrogen-bond donors (Lipinski definition) is 2. The van der Waals surface area contributed by atoms with Crippen LogP contribution in [0, 0.1) is 0 Å². The number of nitrogens with one attached hydrogen (secondary N) is 2. The summed E-state index contributed by atoms with van der Waals surface area (Å²) in [5.41, 5.74) is 3.05. The lowest BCUT2D eigenvalue weighted by molar-refractivity contribution is 0.0949. The van der Waals surface area contributed by atoms with Crippen LogP contribution < -0.4 is 5.32 Å². The SMILES string of the molecule is O=C(NCc1nc2c([nH]1)CCCC2)c1ccccc1Br. The number of aromatic amines is 1. The molecule has 3 rings (SSSR count). The first-order chi connectivity index (χ1) is 9.74. The third-order valence-electron chi connectivity index (χ3n) is 3.54. The summed E-state index contributed by atoms with van der Waals surface area (Å²) >= 11 is 3.39. The topological polar surface area (TPSA) is 57.8 Å². The Balaban J connectivity index is 1.66. The fraction of sp³-hybridized carbons (Fsp3) is 0.333. The predicted molar refractivity (Wildman–Crippen MR) is 80.5 cm³/mol. The van der Waals surface area contributed by atoms with E-state index in [0.29, 0.717) is 12.1 Å². The summed E-state index contributed by atoms with van der Waals surface area (Å²) in [7, 11) is 0. The van der Waals surface area contributed by atoms with Gasteiger partial charge in [0.05, 0.1) is 17.8 Å². The summed E-state index contributed by atoms with van der Waals surface area (Å²) < 4.78 is 0.802. The number of benzene rings is 1. The van der Waals surface area contributed by atoms with E-state index in [1.54, 1.807) is 6.07 Å². The molecule has 0 fully saturated rings. The molecule has 0 saturated carbocycles. The maximum Gasteiger partial charge on any atom is 0.252 e. The first-order valence-electron chi connectivity index (χ1n) is 6.83. The molecule has 1 aliphatic carbocycles. The van der Waals surface area contributed by atoms with Crippen LogP contribution in [0.5, 0.6) is 0 Å². The second kappa shape index (κ2) is 5.79. The van der Waals surface area contributed by atoms with Gasteiger partial charge in [-0.3, -0.25) is 4.79 Å². The fourth-order valence-corrected chi connectivity index (χ4v) is 2.97. The fourth-order valence-electron chi connectivity index (χ4n) is 2.50. The summed E-state index contributed by atoms with van der Waals surface area (Å²) in [5, 5.41) is 2.90. The number of carbonyl (C=O) groups excluding carboxylic acids is 1. The average Bonchev–Trinajstić information content (AvgIpc) is 2.88. The Labute approximate surface area is 126 Å². The van der Waals surface area contributed by atoms with E-state index >= 15 is 0 Å². The molecule has 0 radical (unpaired) electrons. The van der Waals surface area contributed by atoms with Gasteiger partial charge >= 0.3 is 0 Å². The van der Waals surface area contributed by atoms with Gasteiger partial charge in [-0.15, -0.1) is 0 Å². The zero-order chi connectivity index (χ0) is 13.9. The molecule has 1 aliphatic rings. The van der Waals surface area contributed by atoms with Crippen LogP contribution in [0.25, 0.3) is 0 Å². The van der Waals surface area contributed by atoms with E-state index in [2.05, 4.69) is 31.2 Å². The Bertz CT molecular complexity index is 612. The maximum atomic E-state index is 12.1. The summed E-state index contributed by atoms with van der Waals surface area (Å²) in [6.07, 6.45) is 4.54. The van der Waals surface area contributed by atoms with Crippen molar-refractivity contribution in [1.29, 1.82) is 0 Å². The lowest BCUT2D eigenvalue weighted by atomic mass is 10.0. The van der Waals surface area contributed by atoms with E-state index in [9.17, 15) is 4.79 Å². The molecule has 5 heteroatoms. The van der Waals surface area contributed by atoms with Gasteiger partial charge in [-0.1, -0.05) is 12.1 Å². The normalized spacial score (nSPS) is 13.8. The summed E-state index contributed by atoms with van der Waals surface area (Å²) in [6.45, 7) is 0.438. The van der Waals surface area contributed by atoms with Crippen LogP contribution in [-0.4, -0.2) is 15.9 Å². The minimum atomic E-state index is -0.0909. The van der Waals surface area contributed by atoms with Crippen molar-refractivity contribution < 1.29 is 4.79 Å². The first kappa shape index (κ1) is 13.4. The van der Waals surface area contributed by atoms with Crippen LogP contribution >= 0.6 is 15.9 Å². The van der Waals surface area contributed by atoms with Crippen molar-refractivity contribution in [2.45, 2.75) is 32.2 Å². The standard InChI is InChI=1S/C15H16BrN3O/c16-11-6-2-1-5-10(11)15(20)17-9-14-18-12-7-3-4-8-13(12)19-14/h1-2,5-6H,3-4,7-9H2,(H,17,20)(H,18,19). The van der Waals surface area contributed by atoms with Crippen LogP contribution in [0.15, 0.2) is 28.7 Å². The van der Waals surface area contributed by atoms with Gasteiger partial charge in [0.2, 0.25) is 0 Å². The molecule has 0 aliphatic heterocycles. The number of fused-ring (bicyclic) bond motifs is 1. The van der Waals surface area contributed by atoms with Crippen molar-refractivity contribution in [2.75, 3.05) is 0 Å². The van der Waals surface area contributed by atoms with E-state index in [0.717, 1.165) is 23.1 Å². The molecule has 1 aromatic carbocycles. The van der Waals surface area contributed by atoms with Crippen molar-refractivity contribution in [3.63, 3.8) is 0 Å². The molecule has 0 bridgehead atoms. The molecule has 20 heavy (non-hydrogen) atoms. The monoisotopic (exact) mass is 333 g/mol. The Morgan fingerprint density at radius 3 is 2.90 bits per heavy atom. The highest BCUT2D eigenvalue weighted by atomic mass is 79.9. The third kappa shape index (κ3) is 2.77. The number of H-pyrrole nitrogens is 1. The molecule has 0 spiro atoms. The van der Waals surface area contributed by atoms with Gasteiger partial charge in [-0.2, -0.15) is 0 Å². The van der Waals surface area contributed by atoms with Crippen LogP contribution in [0.2, 0.25) is 0 Å². The summed E-state index contributed by atoms with van der Waals surface area (Å²) in [4.78, 5) is 20.0. The van der Waals surface area contributed by atoms with Crippen molar-refractivity contribution in [3.8, 4) is 0 Å². The molecule has 2 aromatic rings. The van der Waals surface area contributed by atoms with Crippen LogP contribution in [0.1, 0.15) is 40.4 Å². The van der Waals surface area contributed by atoms with E-state index in [1.165, 1.54) is 24.2 Å². The number of imidazole rings is 1. The van der Waals surface area contributed by atoms with Gasteiger partial charge in [-0.05, 0) is 53.7 Å². The molecular weight excluding hydrogens is 318 g/mol. The molecule has 1 heterocycles. The number of rotatable bonds is 3. The van der Waals surface area contributed by atoms with Gasteiger partial charge in [0.15, 0.2) is 0 Å². The predicted octanol–water partition coefficient (Wildman–Crippen LogP) is 2.98. The molecule has 0 saturated heterocycles. The molecule has 104 valence electrons. The third-order valence-corrected chi connectivity index (χ3v) is 4.23. The average molecular weight is 334 g/mol. The molecule has 1 amide bonds. The molecule has 0 unspecified atom stereocenters. The van der Waals surface area contributed by atoms with Gasteiger partial charge in [0.1, 0.15) is 5.82 Å². The lowest BCUT2D eigenvalue weighted by Gasteiger charge is -2.07. The number of aryl methyl sites for hydroxylation is 2. The summed E-state index contributed by atoms with van der Waals surface area (Å²) in [6, 6.07) is 7.40. The highest BCUT2D eigenvalue weighted by Crippen LogP contribution is 2.19.